The minimum atomic E-state index is -0.482. The lowest BCUT2D eigenvalue weighted by molar-refractivity contribution is -0.134. The minimum Gasteiger partial charge on any atom is -0.467 e. The third-order valence-corrected chi connectivity index (χ3v) is 5.44. The zero-order valence-electron chi connectivity index (χ0n) is 18.1. The number of amides is 2. The molecule has 7 heteroatoms. The second-order valence-electron chi connectivity index (χ2n) is 7.64. The van der Waals surface area contributed by atoms with Crippen LogP contribution in [-0.2, 0) is 24.9 Å². The normalized spacial score (nSPS) is 11.9. The summed E-state index contributed by atoms with van der Waals surface area (Å²) < 4.78 is 21.1. The first-order chi connectivity index (χ1) is 14.9. The molecule has 2 heterocycles. The summed E-state index contributed by atoms with van der Waals surface area (Å²) in [5.74, 6) is -0.389. The molecule has 3 aromatic rings. The van der Waals surface area contributed by atoms with E-state index in [0.717, 1.165) is 5.69 Å². The number of aromatic nitrogens is 1. The van der Waals surface area contributed by atoms with Gasteiger partial charge in [-0.15, -0.1) is 0 Å². The summed E-state index contributed by atoms with van der Waals surface area (Å²) in [4.78, 5) is 29.6. The predicted octanol–water partition coefficient (Wildman–Crippen LogP) is 4.23. The third kappa shape index (κ3) is 5.63. The number of rotatable bonds is 9. The van der Waals surface area contributed by atoms with Crippen molar-refractivity contribution in [1.29, 1.82) is 0 Å². The van der Waals surface area contributed by atoms with E-state index in [4.69, 9.17) is 4.42 Å². The van der Waals surface area contributed by atoms with Gasteiger partial charge < -0.3 is 18.8 Å². The second kappa shape index (κ2) is 10.1. The molecule has 0 bridgehead atoms. The molecule has 0 N–H and O–H groups in total. The van der Waals surface area contributed by atoms with E-state index in [2.05, 4.69) is 0 Å². The molecule has 0 saturated carbocycles. The number of furan rings is 1. The van der Waals surface area contributed by atoms with Gasteiger partial charge in [-0.2, -0.15) is 0 Å². The summed E-state index contributed by atoms with van der Waals surface area (Å²) >= 11 is 0. The number of nitrogens with zero attached hydrogens (tertiary/aromatic N) is 3. The van der Waals surface area contributed by atoms with Gasteiger partial charge in [0.25, 0.3) is 5.91 Å². The van der Waals surface area contributed by atoms with E-state index >= 15 is 0 Å². The summed E-state index contributed by atoms with van der Waals surface area (Å²) in [5, 5.41) is 0. The van der Waals surface area contributed by atoms with Crippen LogP contribution < -0.4 is 0 Å². The molecule has 2 aromatic heterocycles. The largest absolute Gasteiger partial charge is 0.467 e. The average Bonchev–Trinajstić information content (AvgIpc) is 3.42. The molecule has 164 valence electrons. The molecule has 0 aliphatic carbocycles. The fourth-order valence-electron chi connectivity index (χ4n) is 3.36. The quantitative estimate of drug-likeness (QED) is 0.516. The van der Waals surface area contributed by atoms with Crippen LogP contribution in [0.1, 0.15) is 42.1 Å². The Labute approximate surface area is 181 Å². The molecule has 0 spiro atoms. The molecule has 0 fully saturated rings. The summed E-state index contributed by atoms with van der Waals surface area (Å²) in [7, 11) is 1.92. The van der Waals surface area contributed by atoms with Gasteiger partial charge in [0.15, 0.2) is 0 Å². The number of carbonyl (C=O) groups excluding carboxylic acids is 2. The summed E-state index contributed by atoms with van der Waals surface area (Å²) in [6, 6.07) is 12.8. The van der Waals surface area contributed by atoms with Crippen LogP contribution in [0.5, 0.6) is 0 Å². The van der Waals surface area contributed by atoms with Crippen LogP contribution in [0.4, 0.5) is 4.39 Å². The molecular weight excluding hydrogens is 397 g/mol. The number of hydrogen-bond acceptors (Lipinski definition) is 3. The molecule has 2 amide bonds. The molecule has 0 radical (unpaired) electrons. The van der Waals surface area contributed by atoms with Crippen molar-refractivity contribution in [2.24, 2.45) is 7.05 Å². The standard InChI is InChI=1S/C24H28FN3O3/c1-4-18(2)28(24(30)19-8-5-9-20(25)14-19)17-23(29)27(16-22-11-7-13-31-22)15-21-10-6-12-26(21)3/h5-14,18H,4,15-17H2,1-3H3/t18-/m1/s1. The van der Waals surface area contributed by atoms with Crippen molar-refractivity contribution in [3.8, 4) is 0 Å². The highest BCUT2D eigenvalue weighted by molar-refractivity contribution is 5.96. The zero-order valence-corrected chi connectivity index (χ0v) is 18.1. The Kier molecular flexibility index (Phi) is 7.28. The Hall–Kier alpha value is -3.35. The van der Waals surface area contributed by atoms with Crippen LogP contribution in [0.2, 0.25) is 0 Å². The van der Waals surface area contributed by atoms with E-state index in [9.17, 15) is 14.0 Å². The Bertz CT molecular complexity index is 1010. The Balaban J connectivity index is 1.83. The lowest BCUT2D eigenvalue weighted by Gasteiger charge is -2.31. The van der Waals surface area contributed by atoms with Crippen molar-refractivity contribution in [2.45, 2.75) is 39.4 Å². The van der Waals surface area contributed by atoms with Crippen LogP contribution in [-0.4, -0.2) is 38.8 Å². The Morgan fingerprint density at radius 3 is 2.55 bits per heavy atom. The maximum atomic E-state index is 13.7. The Morgan fingerprint density at radius 1 is 1.13 bits per heavy atom. The SMILES string of the molecule is CC[C@@H](C)N(CC(=O)N(Cc1ccco1)Cc1cccn1C)C(=O)c1cccc(F)c1. The fourth-order valence-corrected chi connectivity index (χ4v) is 3.36. The number of aryl methyl sites for hydroxylation is 1. The number of hydrogen-bond donors (Lipinski definition) is 0. The van der Waals surface area contributed by atoms with Crippen LogP contribution in [0.25, 0.3) is 0 Å². The van der Waals surface area contributed by atoms with Gasteiger partial charge in [0, 0.05) is 30.5 Å². The first-order valence-corrected chi connectivity index (χ1v) is 10.4. The molecule has 3 rings (SSSR count). The Morgan fingerprint density at radius 2 is 1.94 bits per heavy atom. The van der Waals surface area contributed by atoms with Gasteiger partial charge in [0.1, 0.15) is 18.1 Å². The summed E-state index contributed by atoms with van der Waals surface area (Å²) in [6.07, 6.45) is 4.16. The lowest BCUT2D eigenvalue weighted by atomic mass is 10.1. The van der Waals surface area contributed by atoms with Gasteiger partial charge in [0.05, 0.1) is 19.4 Å². The molecule has 1 aromatic carbocycles. The van der Waals surface area contributed by atoms with Crippen molar-refractivity contribution in [3.63, 3.8) is 0 Å². The first-order valence-electron chi connectivity index (χ1n) is 10.4. The van der Waals surface area contributed by atoms with E-state index in [0.29, 0.717) is 25.3 Å². The van der Waals surface area contributed by atoms with Gasteiger partial charge in [-0.3, -0.25) is 9.59 Å². The van der Waals surface area contributed by atoms with E-state index in [-0.39, 0.29) is 30.0 Å². The van der Waals surface area contributed by atoms with Gasteiger partial charge in [0.2, 0.25) is 5.91 Å². The molecule has 0 saturated heterocycles. The summed E-state index contributed by atoms with van der Waals surface area (Å²) in [5.41, 5.74) is 1.19. The van der Waals surface area contributed by atoms with Crippen LogP contribution in [0, 0.1) is 5.82 Å². The number of benzene rings is 1. The van der Waals surface area contributed by atoms with E-state index in [1.165, 1.54) is 23.1 Å². The van der Waals surface area contributed by atoms with Crippen molar-refractivity contribution in [1.82, 2.24) is 14.4 Å². The maximum absolute atomic E-state index is 13.7. The summed E-state index contributed by atoms with van der Waals surface area (Å²) in [6.45, 7) is 4.41. The predicted molar refractivity (Wildman–Crippen MR) is 116 cm³/mol. The van der Waals surface area contributed by atoms with Gasteiger partial charge in [-0.25, -0.2) is 4.39 Å². The average molecular weight is 426 g/mol. The van der Waals surface area contributed by atoms with E-state index in [1.807, 2.05) is 49.9 Å². The second-order valence-corrected chi connectivity index (χ2v) is 7.64. The molecule has 6 nitrogen and oxygen atoms in total. The third-order valence-electron chi connectivity index (χ3n) is 5.44. The van der Waals surface area contributed by atoms with Crippen LogP contribution in [0.3, 0.4) is 0 Å². The molecular formula is C24H28FN3O3. The monoisotopic (exact) mass is 425 g/mol. The van der Waals surface area contributed by atoms with Crippen LogP contribution >= 0.6 is 0 Å². The van der Waals surface area contributed by atoms with Gasteiger partial charge in [-0.1, -0.05) is 13.0 Å². The topological polar surface area (TPSA) is 58.7 Å². The maximum Gasteiger partial charge on any atom is 0.254 e. The molecule has 31 heavy (non-hydrogen) atoms. The molecule has 0 unspecified atom stereocenters. The van der Waals surface area contributed by atoms with Gasteiger partial charge in [-0.05, 0) is 55.8 Å². The van der Waals surface area contributed by atoms with Crippen molar-refractivity contribution < 1.29 is 18.4 Å². The lowest BCUT2D eigenvalue weighted by Crippen LogP contribution is -2.46. The number of carbonyl (C=O) groups is 2. The van der Waals surface area contributed by atoms with Crippen molar-refractivity contribution in [2.75, 3.05) is 6.54 Å². The first kappa shape index (κ1) is 22.3. The van der Waals surface area contributed by atoms with Gasteiger partial charge >= 0.3 is 0 Å². The fraction of sp³-hybridized carbons (Fsp3) is 0.333. The smallest absolute Gasteiger partial charge is 0.254 e. The highest BCUT2D eigenvalue weighted by Gasteiger charge is 2.26. The van der Waals surface area contributed by atoms with Crippen molar-refractivity contribution in [3.05, 3.63) is 83.8 Å². The number of halogens is 1. The van der Waals surface area contributed by atoms with Crippen molar-refractivity contribution >= 4 is 11.8 Å². The highest BCUT2D eigenvalue weighted by atomic mass is 19.1. The van der Waals surface area contributed by atoms with Crippen LogP contribution in [0.15, 0.2) is 65.4 Å². The zero-order chi connectivity index (χ0) is 22.4. The molecule has 0 aliphatic rings. The van der Waals surface area contributed by atoms with E-state index < -0.39 is 5.82 Å². The molecule has 1 atom stereocenters. The highest BCUT2D eigenvalue weighted by Crippen LogP contribution is 2.16. The van der Waals surface area contributed by atoms with E-state index in [1.54, 1.807) is 23.3 Å². The molecule has 0 aliphatic heterocycles. The minimum absolute atomic E-state index is 0.102.